The van der Waals surface area contributed by atoms with Gasteiger partial charge in [-0.15, -0.1) is 13.2 Å². The third kappa shape index (κ3) is 5.33. The van der Waals surface area contributed by atoms with Gasteiger partial charge in [-0.05, 0) is 31.8 Å². The minimum atomic E-state index is -0.619. The fourth-order valence-corrected chi connectivity index (χ4v) is 3.86. The normalized spacial score (nSPS) is 10.7. The van der Waals surface area contributed by atoms with Crippen LogP contribution < -0.4 is 0 Å². The zero-order chi connectivity index (χ0) is 9.40. The van der Waals surface area contributed by atoms with Crippen LogP contribution in [-0.4, -0.2) is 33.5 Å². The summed E-state index contributed by atoms with van der Waals surface area (Å²) in [4.78, 5) is 2.39. The highest BCUT2D eigenvalue weighted by Gasteiger charge is 2.08. The van der Waals surface area contributed by atoms with Gasteiger partial charge < -0.3 is 4.90 Å². The van der Waals surface area contributed by atoms with E-state index in [1.54, 1.807) is 0 Å². The van der Waals surface area contributed by atoms with E-state index in [0.29, 0.717) is 0 Å². The molecule has 70 valence electrons. The van der Waals surface area contributed by atoms with Gasteiger partial charge in [-0.1, -0.05) is 19.1 Å². The Hall–Kier alpha value is -0.343. The molecular formula is C10H21NSi. The molecule has 0 saturated carbocycles. The van der Waals surface area contributed by atoms with Gasteiger partial charge in [0.15, 0.2) is 0 Å². The maximum atomic E-state index is 3.80. The average Bonchev–Trinajstić information content (AvgIpc) is 2.05. The summed E-state index contributed by atoms with van der Waals surface area (Å²) in [5.74, 6) is 0. The molecule has 0 unspecified atom stereocenters. The molecule has 0 aromatic carbocycles. The van der Waals surface area contributed by atoms with Gasteiger partial charge in [0, 0.05) is 0 Å². The predicted molar refractivity (Wildman–Crippen MR) is 60.3 cm³/mol. The molecule has 0 aliphatic rings. The lowest BCUT2D eigenvalue weighted by Gasteiger charge is -2.19. The van der Waals surface area contributed by atoms with E-state index in [1.165, 1.54) is 18.3 Å². The molecule has 0 fully saturated rings. The number of hydrogen-bond donors (Lipinski definition) is 0. The fraction of sp³-hybridized carbons (Fsp3) is 0.600. The molecule has 0 N–H and O–H groups in total. The van der Waals surface area contributed by atoms with Crippen molar-refractivity contribution in [1.82, 2.24) is 4.90 Å². The van der Waals surface area contributed by atoms with Crippen LogP contribution >= 0.6 is 0 Å². The van der Waals surface area contributed by atoms with Gasteiger partial charge in [0.05, 0.1) is 8.80 Å². The highest BCUT2D eigenvalue weighted by Crippen LogP contribution is 2.02. The Bertz CT molecular complexity index is 124. The molecule has 0 rings (SSSR count). The summed E-state index contributed by atoms with van der Waals surface area (Å²) in [6, 6.07) is 2.46. The van der Waals surface area contributed by atoms with Crippen LogP contribution in [0.15, 0.2) is 25.3 Å². The Morgan fingerprint density at radius 3 is 2.08 bits per heavy atom. The van der Waals surface area contributed by atoms with Crippen molar-refractivity contribution >= 4 is 8.80 Å². The van der Waals surface area contributed by atoms with Crippen LogP contribution in [0.3, 0.4) is 0 Å². The van der Waals surface area contributed by atoms with Gasteiger partial charge in [-0.25, -0.2) is 0 Å². The number of nitrogens with zero attached hydrogens (tertiary/aromatic N) is 1. The van der Waals surface area contributed by atoms with Gasteiger partial charge >= 0.3 is 0 Å². The summed E-state index contributed by atoms with van der Waals surface area (Å²) >= 11 is 0. The Morgan fingerprint density at radius 1 is 1.25 bits per heavy atom. The van der Waals surface area contributed by atoms with Gasteiger partial charge in [0.1, 0.15) is 0 Å². The summed E-state index contributed by atoms with van der Waals surface area (Å²) in [5.41, 5.74) is 0. The molecular weight excluding hydrogens is 162 g/mol. The second kappa shape index (κ2) is 7.31. The zero-order valence-corrected chi connectivity index (χ0v) is 9.58. The van der Waals surface area contributed by atoms with E-state index in [2.05, 4.69) is 44.2 Å². The minimum absolute atomic E-state index is 0.619. The molecule has 0 atom stereocenters. The number of allylic oxidation sites excluding steroid dienone is 2. The van der Waals surface area contributed by atoms with Crippen LogP contribution in [0.5, 0.6) is 0 Å². The van der Waals surface area contributed by atoms with E-state index >= 15 is 0 Å². The quantitative estimate of drug-likeness (QED) is 0.431. The standard InChI is InChI=1S/C10H21NSi/c1-5-8-12(9-6-2)10-11(4)7-3/h5-6,12H,1-2,7-10H2,3-4H3. The Morgan fingerprint density at radius 2 is 1.75 bits per heavy atom. The molecule has 1 nitrogen and oxygen atoms in total. The Labute approximate surface area is 78.4 Å². The lowest BCUT2D eigenvalue weighted by atomic mass is 10.7. The van der Waals surface area contributed by atoms with Crippen LogP contribution in [0.1, 0.15) is 6.92 Å². The van der Waals surface area contributed by atoms with Crippen molar-refractivity contribution in [3.05, 3.63) is 25.3 Å². The molecule has 0 aliphatic carbocycles. The third-order valence-electron chi connectivity index (χ3n) is 2.11. The summed E-state index contributed by atoms with van der Waals surface area (Å²) in [5, 5.41) is 0. The summed E-state index contributed by atoms with van der Waals surface area (Å²) in [7, 11) is 1.57. The van der Waals surface area contributed by atoms with E-state index in [4.69, 9.17) is 0 Å². The smallest absolute Gasteiger partial charge is 0.0604 e. The first kappa shape index (κ1) is 11.7. The van der Waals surface area contributed by atoms with E-state index in [-0.39, 0.29) is 0 Å². The molecule has 0 bridgehead atoms. The van der Waals surface area contributed by atoms with Crippen molar-refractivity contribution in [3.8, 4) is 0 Å². The first-order valence-electron chi connectivity index (χ1n) is 4.64. The maximum absolute atomic E-state index is 3.80. The van der Waals surface area contributed by atoms with E-state index in [1.807, 2.05) is 0 Å². The molecule has 0 aromatic rings. The molecule has 0 aromatic heterocycles. The summed E-state index contributed by atoms with van der Waals surface area (Å²) in [6.07, 6.45) is 5.41. The van der Waals surface area contributed by atoms with Crippen molar-refractivity contribution in [3.63, 3.8) is 0 Å². The summed E-state index contributed by atoms with van der Waals surface area (Å²) in [6.45, 7) is 10.9. The second-order valence-corrected chi connectivity index (χ2v) is 6.31. The number of hydrogen-bond acceptors (Lipinski definition) is 1. The van der Waals surface area contributed by atoms with Crippen LogP contribution in [0.2, 0.25) is 12.1 Å². The highest BCUT2D eigenvalue weighted by atomic mass is 28.3. The predicted octanol–water partition coefficient (Wildman–Crippen LogP) is 2.08. The van der Waals surface area contributed by atoms with Crippen molar-refractivity contribution < 1.29 is 0 Å². The van der Waals surface area contributed by atoms with Crippen molar-refractivity contribution in [2.24, 2.45) is 0 Å². The van der Waals surface area contributed by atoms with Crippen LogP contribution in [0.4, 0.5) is 0 Å². The average molecular weight is 183 g/mol. The maximum Gasteiger partial charge on any atom is 0.0604 e. The van der Waals surface area contributed by atoms with Crippen LogP contribution in [0, 0.1) is 0 Å². The van der Waals surface area contributed by atoms with Crippen LogP contribution in [0.25, 0.3) is 0 Å². The molecule has 0 heterocycles. The lowest BCUT2D eigenvalue weighted by molar-refractivity contribution is 0.407. The Balaban J connectivity index is 3.75. The second-order valence-electron chi connectivity index (χ2n) is 3.27. The molecule has 0 saturated heterocycles. The van der Waals surface area contributed by atoms with Crippen molar-refractivity contribution in [2.45, 2.75) is 19.0 Å². The zero-order valence-electron chi connectivity index (χ0n) is 8.42. The van der Waals surface area contributed by atoms with Gasteiger partial charge in [-0.2, -0.15) is 0 Å². The molecule has 0 amide bonds. The number of rotatable bonds is 7. The molecule has 0 radical (unpaired) electrons. The van der Waals surface area contributed by atoms with E-state index in [9.17, 15) is 0 Å². The molecule has 2 heteroatoms. The van der Waals surface area contributed by atoms with Crippen molar-refractivity contribution in [2.75, 3.05) is 19.8 Å². The molecule has 0 spiro atoms. The van der Waals surface area contributed by atoms with E-state index < -0.39 is 8.80 Å². The summed E-state index contributed by atoms with van der Waals surface area (Å²) < 4.78 is 0. The van der Waals surface area contributed by atoms with Crippen LogP contribution in [-0.2, 0) is 0 Å². The topological polar surface area (TPSA) is 3.24 Å². The highest BCUT2D eigenvalue weighted by molar-refractivity contribution is 6.59. The first-order chi connectivity index (χ1) is 5.74. The van der Waals surface area contributed by atoms with Gasteiger partial charge in [-0.3, -0.25) is 0 Å². The third-order valence-corrected chi connectivity index (χ3v) is 5.25. The molecule has 12 heavy (non-hydrogen) atoms. The minimum Gasteiger partial charge on any atom is -0.310 e. The lowest BCUT2D eigenvalue weighted by Crippen LogP contribution is -2.31. The van der Waals surface area contributed by atoms with Gasteiger partial charge in [0.2, 0.25) is 0 Å². The SMILES string of the molecule is C=CC[SiH](CC=C)CN(C)CC. The first-order valence-corrected chi connectivity index (χ1v) is 7.09. The molecule has 0 aliphatic heterocycles. The largest absolute Gasteiger partial charge is 0.310 e. The fourth-order valence-electron chi connectivity index (χ4n) is 1.29. The van der Waals surface area contributed by atoms with E-state index in [0.717, 1.165) is 6.54 Å². The Kier molecular flexibility index (Phi) is 7.10. The van der Waals surface area contributed by atoms with Gasteiger partial charge in [0.25, 0.3) is 0 Å². The van der Waals surface area contributed by atoms with Crippen molar-refractivity contribution in [1.29, 1.82) is 0 Å². The monoisotopic (exact) mass is 183 g/mol.